The third-order valence-corrected chi connectivity index (χ3v) is 4.64. The highest BCUT2D eigenvalue weighted by molar-refractivity contribution is 7.99. The van der Waals surface area contributed by atoms with Crippen LogP contribution in [0.25, 0.3) is 0 Å². The van der Waals surface area contributed by atoms with Gasteiger partial charge in [-0.05, 0) is 24.0 Å². The smallest absolute Gasteiger partial charge is 0.371 e. The Labute approximate surface area is 152 Å². The molecule has 1 amide bonds. The number of alkyl halides is 3. The minimum atomic E-state index is -4.56. The van der Waals surface area contributed by atoms with Gasteiger partial charge >= 0.3 is 6.18 Å². The Hall–Kier alpha value is -1.93. The van der Waals surface area contributed by atoms with E-state index in [1.54, 1.807) is 18.2 Å². The number of anilines is 2. The van der Waals surface area contributed by atoms with Gasteiger partial charge < -0.3 is 10.6 Å². The van der Waals surface area contributed by atoms with Crippen molar-refractivity contribution in [2.75, 3.05) is 23.4 Å². The summed E-state index contributed by atoms with van der Waals surface area (Å²) in [5.74, 6) is 0.265. The van der Waals surface area contributed by atoms with E-state index in [2.05, 4.69) is 15.6 Å². The summed E-state index contributed by atoms with van der Waals surface area (Å²) >= 11 is 7.51. The van der Waals surface area contributed by atoms with Crippen LogP contribution in [-0.4, -0.2) is 23.7 Å². The number of carbonyl (C=O) groups is 1. The molecule has 4 nitrogen and oxygen atoms in total. The van der Waals surface area contributed by atoms with Crippen LogP contribution in [0, 0.1) is 0 Å². The number of aromatic nitrogens is 1. The summed E-state index contributed by atoms with van der Waals surface area (Å²) in [6.45, 7) is 1.91. The molecule has 25 heavy (non-hydrogen) atoms. The number of benzene rings is 1. The lowest BCUT2D eigenvalue weighted by atomic mass is 10.2. The zero-order chi connectivity index (χ0) is 18.6. The lowest BCUT2D eigenvalue weighted by Crippen LogP contribution is -2.16. The normalized spacial score (nSPS) is 11.3. The molecule has 1 aromatic heterocycles. The molecule has 1 aromatic carbocycles. The summed E-state index contributed by atoms with van der Waals surface area (Å²) in [6.07, 6.45) is -3.85. The van der Waals surface area contributed by atoms with Crippen molar-refractivity contribution in [3.63, 3.8) is 0 Å². The van der Waals surface area contributed by atoms with Gasteiger partial charge in [0, 0.05) is 18.1 Å². The second-order valence-electron chi connectivity index (χ2n) is 4.87. The SMILES string of the molecule is CCSc1c(Cl)cccc1C(=O)Nc1cc(C(F)(F)F)cnc1NC. The first-order valence-electron chi connectivity index (χ1n) is 7.25. The van der Waals surface area contributed by atoms with E-state index in [9.17, 15) is 18.0 Å². The van der Waals surface area contributed by atoms with Crippen molar-refractivity contribution in [2.45, 2.75) is 18.0 Å². The maximum atomic E-state index is 12.9. The second kappa shape index (κ2) is 7.97. The van der Waals surface area contributed by atoms with Crippen LogP contribution in [0.1, 0.15) is 22.8 Å². The van der Waals surface area contributed by atoms with Gasteiger partial charge in [0.05, 0.1) is 21.8 Å². The zero-order valence-electron chi connectivity index (χ0n) is 13.4. The number of halogens is 4. The van der Waals surface area contributed by atoms with Crippen LogP contribution in [0.3, 0.4) is 0 Å². The Balaban J connectivity index is 2.40. The number of carbonyl (C=O) groups excluding carboxylic acids is 1. The van der Waals surface area contributed by atoms with Gasteiger partial charge in [0.25, 0.3) is 5.91 Å². The van der Waals surface area contributed by atoms with Crippen molar-refractivity contribution < 1.29 is 18.0 Å². The largest absolute Gasteiger partial charge is 0.417 e. The monoisotopic (exact) mass is 389 g/mol. The molecule has 9 heteroatoms. The molecule has 2 N–H and O–H groups in total. The van der Waals surface area contributed by atoms with Gasteiger partial charge in [-0.25, -0.2) is 4.98 Å². The van der Waals surface area contributed by atoms with Crippen molar-refractivity contribution in [3.05, 3.63) is 46.6 Å². The summed E-state index contributed by atoms with van der Waals surface area (Å²) in [4.78, 5) is 16.9. The number of rotatable bonds is 5. The number of nitrogens with one attached hydrogen (secondary N) is 2. The third-order valence-electron chi connectivity index (χ3n) is 3.20. The minimum absolute atomic E-state index is 0.0604. The van der Waals surface area contributed by atoms with Crippen molar-refractivity contribution in [3.8, 4) is 0 Å². The number of nitrogens with zero attached hydrogens (tertiary/aromatic N) is 1. The Kier molecular flexibility index (Phi) is 6.18. The molecule has 2 rings (SSSR count). The fraction of sp³-hybridized carbons (Fsp3) is 0.250. The minimum Gasteiger partial charge on any atom is -0.371 e. The number of pyridine rings is 1. The van der Waals surface area contributed by atoms with E-state index in [1.807, 2.05) is 6.92 Å². The third kappa shape index (κ3) is 4.58. The summed E-state index contributed by atoms with van der Waals surface area (Å²) in [6, 6.07) is 5.68. The van der Waals surface area contributed by atoms with Crippen LogP contribution in [-0.2, 0) is 6.18 Å². The van der Waals surface area contributed by atoms with Crippen molar-refractivity contribution in [2.24, 2.45) is 0 Å². The molecular formula is C16H15ClF3N3OS. The predicted molar refractivity (Wildman–Crippen MR) is 94.6 cm³/mol. The molecule has 0 bridgehead atoms. The molecule has 0 atom stereocenters. The van der Waals surface area contributed by atoms with Gasteiger partial charge in [-0.1, -0.05) is 24.6 Å². The predicted octanol–water partition coefficient (Wildman–Crippen LogP) is 5.16. The van der Waals surface area contributed by atoms with E-state index in [4.69, 9.17) is 11.6 Å². The molecule has 0 aliphatic heterocycles. The average molecular weight is 390 g/mol. The van der Waals surface area contributed by atoms with E-state index in [1.165, 1.54) is 18.8 Å². The average Bonchev–Trinajstić information content (AvgIpc) is 2.56. The highest BCUT2D eigenvalue weighted by Crippen LogP contribution is 2.34. The molecule has 1 heterocycles. The zero-order valence-corrected chi connectivity index (χ0v) is 14.9. The van der Waals surface area contributed by atoms with Crippen LogP contribution >= 0.6 is 23.4 Å². The van der Waals surface area contributed by atoms with Crippen LogP contribution in [0.15, 0.2) is 35.4 Å². The van der Waals surface area contributed by atoms with Crippen LogP contribution in [0.5, 0.6) is 0 Å². The number of amides is 1. The summed E-state index contributed by atoms with van der Waals surface area (Å²) in [5.41, 5.74) is -0.718. The fourth-order valence-corrected chi connectivity index (χ4v) is 3.23. The van der Waals surface area contributed by atoms with Gasteiger partial charge in [-0.15, -0.1) is 11.8 Å². The lowest BCUT2D eigenvalue weighted by Gasteiger charge is -2.15. The molecule has 2 aromatic rings. The highest BCUT2D eigenvalue weighted by Gasteiger charge is 2.32. The van der Waals surface area contributed by atoms with E-state index in [0.29, 0.717) is 27.4 Å². The van der Waals surface area contributed by atoms with Gasteiger partial charge in [0.2, 0.25) is 0 Å². The highest BCUT2D eigenvalue weighted by atomic mass is 35.5. The standard InChI is InChI=1S/C16H15ClF3N3OS/c1-3-25-13-10(5-4-6-11(13)17)15(24)23-12-7-9(16(18,19)20)8-22-14(12)21-2/h4-8H,3H2,1-2H3,(H,21,22)(H,23,24). The van der Waals surface area contributed by atoms with Crippen molar-refractivity contribution in [1.29, 1.82) is 0 Å². The lowest BCUT2D eigenvalue weighted by molar-refractivity contribution is -0.137. The molecule has 0 unspecified atom stereocenters. The molecular weight excluding hydrogens is 375 g/mol. The van der Waals surface area contributed by atoms with Gasteiger partial charge in [0.15, 0.2) is 0 Å². The first-order valence-corrected chi connectivity index (χ1v) is 8.62. The van der Waals surface area contributed by atoms with E-state index < -0.39 is 17.6 Å². The quantitative estimate of drug-likeness (QED) is 0.693. The molecule has 0 saturated carbocycles. The van der Waals surface area contributed by atoms with Crippen molar-refractivity contribution >= 4 is 40.8 Å². The number of thioether (sulfide) groups is 1. The first-order chi connectivity index (χ1) is 11.8. The Morgan fingerprint density at radius 2 is 2.08 bits per heavy atom. The maximum Gasteiger partial charge on any atom is 0.417 e. The molecule has 134 valence electrons. The maximum absolute atomic E-state index is 12.9. The van der Waals surface area contributed by atoms with Gasteiger partial charge in [0.1, 0.15) is 5.82 Å². The molecule has 0 aliphatic carbocycles. The molecule has 0 saturated heterocycles. The van der Waals surface area contributed by atoms with Crippen molar-refractivity contribution in [1.82, 2.24) is 4.98 Å². The fourth-order valence-electron chi connectivity index (χ4n) is 2.08. The van der Waals surface area contributed by atoms with Crippen LogP contribution in [0.2, 0.25) is 5.02 Å². The van der Waals surface area contributed by atoms with E-state index >= 15 is 0 Å². The van der Waals surface area contributed by atoms with Gasteiger partial charge in [-0.2, -0.15) is 13.2 Å². The Morgan fingerprint density at radius 1 is 1.36 bits per heavy atom. The molecule has 0 fully saturated rings. The number of hydrogen-bond acceptors (Lipinski definition) is 4. The first kappa shape index (κ1) is 19.4. The van der Waals surface area contributed by atoms with E-state index in [0.717, 1.165) is 6.07 Å². The van der Waals surface area contributed by atoms with Crippen LogP contribution < -0.4 is 10.6 Å². The molecule has 0 aliphatic rings. The van der Waals surface area contributed by atoms with Gasteiger partial charge in [-0.3, -0.25) is 4.79 Å². The second-order valence-corrected chi connectivity index (χ2v) is 6.55. The molecule has 0 radical (unpaired) electrons. The summed E-state index contributed by atoms with van der Waals surface area (Å²) in [5, 5.41) is 5.55. The summed E-state index contributed by atoms with van der Waals surface area (Å²) < 4.78 is 38.7. The Bertz CT molecular complexity index is 784. The summed E-state index contributed by atoms with van der Waals surface area (Å²) in [7, 11) is 1.50. The Morgan fingerprint density at radius 3 is 2.68 bits per heavy atom. The van der Waals surface area contributed by atoms with Crippen LogP contribution in [0.4, 0.5) is 24.7 Å². The molecule has 0 spiro atoms. The number of hydrogen-bond donors (Lipinski definition) is 2. The topological polar surface area (TPSA) is 54.0 Å². The van der Waals surface area contributed by atoms with E-state index in [-0.39, 0.29) is 11.5 Å².